The molecule has 0 spiro atoms. The molecular weight excluding hydrogens is 650 g/mol. The molecule has 0 aromatic heterocycles. The van der Waals surface area contributed by atoms with Gasteiger partial charge in [-0.1, -0.05) is 37.3 Å². The first-order valence-corrected chi connectivity index (χ1v) is 19.6. The predicted molar refractivity (Wildman–Crippen MR) is 194 cm³/mol. The highest BCUT2D eigenvalue weighted by molar-refractivity contribution is 5.83. The molecule has 1 aromatic rings. The van der Waals surface area contributed by atoms with E-state index in [1.807, 2.05) is 42.2 Å². The third kappa shape index (κ3) is 11.4. The van der Waals surface area contributed by atoms with Crippen LogP contribution in [0.25, 0.3) is 0 Å². The van der Waals surface area contributed by atoms with Crippen LogP contribution in [0.2, 0.25) is 0 Å². The van der Waals surface area contributed by atoms with E-state index in [1.54, 1.807) is 4.90 Å². The molecule has 286 valence electrons. The Hall–Kier alpha value is -2.61. The molecule has 2 amide bonds. The Bertz CT molecular complexity index is 1220. The van der Waals surface area contributed by atoms with Gasteiger partial charge in [0.05, 0.1) is 19.8 Å². The molecule has 2 aliphatic heterocycles. The Balaban J connectivity index is 1.10. The summed E-state index contributed by atoms with van der Waals surface area (Å²) in [7, 11) is 0. The maximum atomic E-state index is 13.5. The number of hydrogen-bond donors (Lipinski definition) is 3. The average molecular weight is 714 g/mol. The number of nitrogens with zero attached hydrogens (tertiary/aromatic N) is 2. The number of ether oxygens (including phenoxy) is 4. The number of carbonyl (C=O) groups excluding carboxylic acids is 3. The maximum Gasteiger partial charge on any atom is 0.410 e. The van der Waals surface area contributed by atoms with Gasteiger partial charge < -0.3 is 45.9 Å². The predicted octanol–water partition coefficient (Wildman–Crippen LogP) is 3.83. The van der Waals surface area contributed by atoms with E-state index in [4.69, 9.17) is 36.1 Å². The SMILES string of the molecule is CC(CCC(N)OC[C@H]1OCC[C@@H](OC(=O)N2CCN(C(=O)C3CCC(CN)CC3)CC2)[C@@H]1OCc1ccccc1)C(=O)C1CCC(CN)CC1. The molecule has 1 aromatic carbocycles. The smallest absolute Gasteiger partial charge is 0.410 e. The molecule has 4 fully saturated rings. The van der Waals surface area contributed by atoms with Gasteiger partial charge in [-0.25, -0.2) is 4.79 Å². The highest BCUT2D eigenvalue weighted by Gasteiger charge is 2.40. The number of benzene rings is 1. The molecule has 6 N–H and O–H groups in total. The molecule has 2 saturated heterocycles. The van der Waals surface area contributed by atoms with Gasteiger partial charge in [0.1, 0.15) is 30.3 Å². The number of Topliss-reactive ketones (excluding diaryl/α,β-unsaturated/α-hetero) is 1. The van der Waals surface area contributed by atoms with Crippen molar-refractivity contribution in [1.29, 1.82) is 0 Å². The quantitative estimate of drug-likeness (QED) is 0.227. The monoisotopic (exact) mass is 713 g/mol. The van der Waals surface area contributed by atoms with Gasteiger partial charge in [0.15, 0.2) is 0 Å². The first-order valence-electron chi connectivity index (χ1n) is 19.6. The van der Waals surface area contributed by atoms with Crippen LogP contribution in [0.1, 0.15) is 83.1 Å². The minimum Gasteiger partial charge on any atom is -0.443 e. The number of amides is 2. The molecule has 4 aliphatic rings. The van der Waals surface area contributed by atoms with Crippen LogP contribution in [-0.4, -0.2) is 105 Å². The fourth-order valence-electron chi connectivity index (χ4n) is 8.24. The zero-order valence-electron chi connectivity index (χ0n) is 30.7. The van der Waals surface area contributed by atoms with Crippen molar-refractivity contribution >= 4 is 17.8 Å². The summed E-state index contributed by atoms with van der Waals surface area (Å²) in [5.41, 5.74) is 19.1. The summed E-state index contributed by atoms with van der Waals surface area (Å²) >= 11 is 0. The van der Waals surface area contributed by atoms with Crippen molar-refractivity contribution in [2.75, 3.05) is 52.5 Å². The summed E-state index contributed by atoms with van der Waals surface area (Å²) in [5.74, 6) is 1.69. The largest absolute Gasteiger partial charge is 0.443 e. The molecule has 0 radical (unpaired) electrons. The Morgan fingerprint density at radius 2 is 1.43 bits per heavy atom. The lowest BCUT2D eigenvalue weighted by atomic mass is 9.77. The molecule has 12 heteroatoms. The Kier molecular flexibility index (Phi) is 15.5. The van der Waals surface area contributed by atoms with Crippen molar-refractivity contribution in [2.24, 2.45) is 46.8 Å². The third-order valence-corrected chi connectivity index (χ3v) is 11.8. The Morgan fingerprint density at radius 1 is 0.824 bits per heavy atom. The van der Waals surface area contributed by atoms with Crippen LogP contribution in [0.4, 0.5) is 4.79 Å². The molecule has 5 rings (SSSR count). The first kappa shape index (κ1) is 39.6. The Labute approximate surface area is 304 Å². The summed E-state index contributed by atoms with van der Waals surface area (Å²) in [5, 5.41) is 0. The van der Waals surface area contributed by atoms with E-state index < -0.39 is 30.6 Å². The molecule has 2 heterocycles. The van der Waals surface area contributed by atoms with E-state index in [2.05, 4.69) is 0 Å². The summed E-state index contributed by atoms with van der Waals surface area (Å²) in [6.07, 6.45) is 6.84. The summed E-state index contributed by atoms with van der Waals surface area (Å²) in [4.78, 5) is 43.3. The highest BCUT2D eigenvalue weighted by atomic mass is 16.6. The van der Waals surface area contributed by atoms with Gasteiger partial charge in [-0.3, -0.25) is 9.59 Å². The van der Waals surface area contributed by atoms with Gasteiger partial charge in [0.25, 0.3) is 0 Å². The number of piperazine rings is 1. The lowest BCUT2D eigenvalue weighted by Crippen LogP contribution is -2.55. The second-order valence-corrected chi connectivity index (χ2v) is 15.4. The van der Waals surface area contributed by atoms with E-state index in [-0.39, 0.29) is 30.3 Å². The van der Waals surface area contributed by atoms with Crippen LogP contribution in [0.3, 0.4) is 0 Å². The zero-order chi connectivity index (χ0) is 36.2. The number of ketones is 1. The van der Waals surface area contributed by atoms with Crippen LogP contribution in [0, 0.1) is 29.6 Å². The average Bonchev–Trinajstić information content (AvgIpc) is 3.18. The number of rotatable bonds is 15. The molecule has 12 nitrogen and oxygen atoms in total. The second kappa shape index (κ2) is 20.0. The van der Waals surface area contributed by atoms with Gasteiger partial charge in [-0.05, 0) is 94.7 Å². The van der Waals surface area contributed by atoms with Gasteiger partial charge in [0, 0.05) is 50.4 Å². The summed E-state index contributed by atoms with van der Waals surface area (Å²) < 4.78 is 24.7. The van der Waals surface area contributed by atoms with Crippen molar-refractivity contribution in [1.82, 2.24) is 9.80 Å². The summed E-state index contributed by atoms with van der Waals surface area (Å²) in [6.45, 7) is 6.13. The minimum absolute atomic E-state index is 0.0563. The number of nitrogens with two attached hydrogens (primary N) is 3. The number of carbonyl (C=O) groups is 3. The van der Waals surface area contributed by atoms with Crippen LogP contribution in [0.5, 0.6) is 0 Å². The molecule has 2 aliphatic carbocycles. The van der Waals surface area contributed by atoms with E-state index in [0.29, 0.717) is 89.4 Å². The molecule has 2 saturated carbocycles. The number of hydrogen-bond acceptors (Lipinski definition) is 10. The Morgan fingerprint density at radius 3 is 2.06 bits per heavy atom. The molecule has 2 unspecified atom stereocenters. The first-order chi connectivity index (χ1) is 24.7. The molecular formula is C39H63N5O7. The highest BCUT2D eigenvalue weighted by Crippen LogP contribution is 2.32. The third-order valence-electron chi connectivity index (χ3n) is 11.8. The summed E-state index contributed by atoms with van der Waals surface area (Å²) in [6, 6.07) is 9.85. The fourth-order valence-corrected chi connectivity index (χ4v) is 8.24. The molecule has 51 heavy (non-hydrogen) atoms. The van der Waals surface area contributed by atoms with Crippen molar-refractivity contribution in [2.45, 2.75) is 109 Å². The van der Waals surface area contributed by atoms with Crippen molar-refractivity contribution < 1.29 is 33.3 Å². The van der Waals surface area contributed by atoms with E-state index in [9.17, 15) is 14.4 Å². The fraction of sp³-hybridized carbons (Fsp3) is 0.769. The van der Waals surface area contributed by atoms with E-state index >= 15 is 0 Å². The molecule has 5 atom stereocenters. The van der Waals surface area contributed by atoms with Crippen LogP contribution in [0.15, 0.2) is 30.3 Å². The molecule has 0 bridgehead atoms. The van der Waals surface area contributed by atoms with Gasteiger partial charge in [0.2, 0.25) is 5.91 Å². The lowest BCUT2D eigenvalue weighted by molar-refractivity contribution is -0.187. The second-order valence-electron chi connectivity index (χ2n) is 15.4. The van der Waals surface area contributed by atoms with Crippen LogP contribution < -0.4 is 17.2 Å². The van der Waals surface area contributed by atoms with Crippen molar-refractivity contribution in [3.05, 3.63) is 35.9 Å². The maximum absolute atomic E-state index is 13.5. The van der Waals surface area contributed by atoms with E-state index in [0.717, 1.165) is 56.9 Å². The van der Waals surface area contributed by atoms with Crippen LogP contribution >= 0.6 is 0 Å². The van der Waals surface area contributed by atoms with Crippen molar-refractivity contribution in [3.8, 4) is 0 Å². The van der Waals surface area contributed by atoms with E-state index in [1.165, 1.54) is 0 Å². The minimum atomic E-state index is -0.566. The van der Waals surface area contributed by atoms with Crippen molar-refractivity contribution in [3.63, 3.8) is 0 Å². The zero-order valence-corrected chi connectivity index (χ0v) is 30.7. The van der Waals surface area contributed by atoms with Gasteiger partial charge >= 0.3 is 6.09 Å². The normalized spacial score (nSPS) is 30.0. The van der Waals surface area contributed by atoms with Gasteiger partial charge in [-0.2, -0.15) is 0 Å². The standard InChI is InChI=1S/C39H63N5O7/c1-27(36(45)31-12-8-28(23-40)9-13-31)7-16-35(42)49-26-34-37(50-25-30-5-3-2-4-6-30)33(17-22-48-34)51-39(47)44-20-18-43(19-21-44)38(46)32-14-10-29(24-41)11-15-32/h2-6,27-29,31-35,37H,7-26,40-42H2,1H3/t27?,28?,29?,31?,32?,33-,34-,35?,37+/m1/s1. The lowest BCUT2D eigenvalue weighted by Gasteiger charge is -2.40. The van der Waals surface area contributed by atoms with Gasteiger partial charge in [-0.15, -0.1) is 0 Å². The van der Waals surface area contributed by atoms with Crippen LogP contribution in [-0.2, 0) is 35.1 Å². The topological polar surface area (TPSA) is 173 Å².